The minimum atomic E-state index is -0.782. The molecule has 0 aliphatic carbocycles. The summed E-state index contributed by atoms with van der Waals surface area (Å²) in [6, 6.07) is 8.30. The van der Waals surface area contributed by atoms with Crippen LogP contribution in [0.15, 0.2) is 24.3 Å². The molecule has 0 aromatic heterocycles. The number of hydrogen-bond acceptors (Lipinski definition) is 3. The normalized spacial score (nSPS) is 12.7. The summed E-state index contributed by atoms with van der Waals surface area (Å²) in [5.74, 6) is 0.0536. The number of ether oxygens (including phenoxy) is 1. The van der Waals surface area contributed by atoms with Gasteiger partial charge >= 0.3 is 5.97 Å². The van der Waals surface area contributed by atoms with E-state index in [1.165, 1.54) is 5.56 Å². The van der Waals surface area contributed by atoms with Crippen molar-refractivity contribution in [1.82, 2.24) is 4.90 Å². The van der Waals surface area contributed by atoms with Crippen molar-refractivity contribution >= 4 is 5.97 Å². The molecule has 1 rings (SSSR count). The fraction of sp³-hybridized carbons (Fsp3) is 0.533. The lowest BCUT2D eigenvalue weighted by atomic mass is 10.0. The van der Waals surface area contributed by atoms with E-state index in [-0.39, 0.29) is 18.6 Å². The monoisotopic (exact) mass is 265 g/mol. The smallest absolute Gasteiger partial charge is 0.317 e. The van der Waals surface area contributed by atoms with E-state index in [9.17, 15) is 4.79 Å². The number of hydrogen-bond donors (Lipinski definition) is 1. The van der Waals surface area contributed by atoms with Crippen molar-refractivity contribution in [2.45, 2.75) is 39.3 Å². The number of rotatable bonds is 7. The third-order valence-electron chi connectivity index (χ3n) is 3.24. The average Bonchev–Trinajstić information content (AvgIpc) is 2.36. The molecule has 1 unspecified atom stereocenters. The maximum absolute atomic E-state index is 10.9. The zero-order valence-corrected chi connectivity index (χ0v) is 12.1. The van der Waals surface area contributed by atoms with Crippen LogP contribution < -0.4 is 4.74 Å². The molecule has 19 heavy (non-hydrogen) atoms. The second kappa shape index (κ2) is 7.14. The van der Waals surface area contributed by atoms with Crippen LogP contribution in [0.3, 0.4) is 0 Å². The van der Waals surface area contributed by atoms with Gasteiger partial charge in [-0.3, -0.25) is 9.69 Å². The summed E-state index contributed by atoms with van der Waals surface area (Å²) in [4.78, 5) is 12.9. The van der Waals surface area contributed by atoms with E-state index in [4.69, 9.17) is 9.84 Å². The molecule has 0 saturated carbocycles. The van der Waals surface area contributed by atoms with E-state index in [1.54, 1.807) is 7.11 Å². The molecule has 1 aromatic carbocycles. The highest BCUT2D eigenvalue weighted by atomic mass is 16.5. The van der Waals surface area contributed by atoms with Gasteiger partial charge in [0.1, 0.15) is 5.75 Å². The fourth-order valence-electron chi connectivity index (χ4n) is 2.22. The number of carbonyl (C=O) groups is 1. The van der Waals surface area contributed by atoms with Gasteiger partial charge in [0.15, 0.2) is 0 Å². The lowest BCUT2D eigenvalue weighted by molar-refractivity contribution is -0.139. The summed E-state index contributed by atoms with van der Waals surface area (Å²) in [5.41, 5.74) is 1.18. The molecule has 0 amide bonds. The third-order valence-corrected chi connectivity index (χ3v) is 3.24. The van der Waals surface area contributed by atoms with Crippen LogP contribution in [-0.2, 0) is 11.2 Å². The Kier molecular flexibility index (Phi) is 5.83. The van der Waals surface area contributed by atoms with E-state index >= 15 is 0 Å². The van der Waals surface area contributed by atoms with Crippen LogP contribution >= 0.6 is 0 Å². The predicted molar refractivity (Wildman–Crippen MR) is 75.6 cm³/mol. The van der Waals surface area contributed by atoms with Gasteiger partial charge in [0.2, 0.25) is 0 Å². The van der Waals surface area contributed by atoms with Crippen molar-refractivity contribution in [2.24, 2.45) is 0 Å². The molecule has 1 aromatic rings. The van der Waals surface area contributed by atoms with Gasteiger partial charge in [-0.15, -0.1) is 0 Å². The number of methoxy groups -OCH3 is 1. The number of carboxylic acid groups (broad SMARTS) is 1. The van der Waals surface area contributed by atoms with Crippen molar-refractivity contribution in [2.75, 3.05) is 13.7 Å². The second-order valence-electron chi connectivity index (χ2n) is 5.06. The molecular formula is C15H23NO3. The summed E-state index contributed by atoms with van der Waals surface area (Å²) in [6.07, 6.45) is 0.829. The van der Waals surface area contributed by atoms with Crippen LogP contribution in [-0.4, -0.2) is 41.7 Å². The maximum Gasteiger partial charge on any atom is 0.317 e. The molecule has 1 atom stereocenters. The van der Waals surface area contributed by atoms with Gasteiger partial charge in [-0.1, -0.05) is 12.1 Å². The standard InChI is InChI=1S/C15H23NO3/c1-11(2)16(10-15(17)18)12(3)9-13-5-7-14(19-4)8-6-13/h5-8,11-12H,9-10H2,1-4H3,(H,17,18). The minimum Gasteiger partial charge on any atom is -0.497 e. The average molecular weight is 265 g/mol. The number of nitrogens with zero attached hydrogens (tertiary/aromatic N) is 1. The second-order valence-corrected chi connectivity index (χ2v) is 5.06. The summed E-state index contributed by atoms with van der Waals surface area (Å²) in [7, 11) is 1.64. The Morgan fingerprint density at radius 3 is 2.26 bits per heavy atom. The molecule has 4 nitrogen and oxygen atoms in total. The fourth-order valence-corrected chi connectivity index (χ4v) is 2.22. The lowest BCUT2D eigenvalue weighted by Crippen LogP contribution is -2.43. The van der Waals surface area contributed by atoms with Crippen LogP contribution in [0.5, 0.6) is 5.75 Å². The molecule has 1 N–H and O–H groups in total. The van der Waals surface area contributed by atoms with E-state index in [0.717, 1.165) is 12.2 Å². The van der Waals surface area contributed by atoms with E-state index in [1.807, 2.05) is 43.0 Å². The lowest BCUT2D eigenvalue weighted by Gasteiger charge is -2.31. The highest BCUT2D eigenvalue weighted by Crippen LogP contribution is 2.15. The van der Waals surface area contributed by atoms with Crippen molar-refractivity contribution in [1.29, 1.82) is 0 Å². The Bertz CT molecular complexity index is 400. The third kappa shape index (κ3) is 4.91. The summed E-state index contributed by atoms with van der Waals surface area (Å²) >= 11 is 0. The van der Waals surface area contributed by atoms with Gasteiger partial charge in [0, 0.05) is 12.1 Å². The van der Waals surface area contributed by atoms with Crippen molar-refractivity contribution < 1.29 is 14.6 Å². The first-order valence-electron chi connectivity index (χ1n) is 6.54. The Hall–Kier alpha value is -1.55. The summed E-state index contributed by atoms with van der Waals surface area (Å²) < 4.78 is 5.12. The van der Waals surface area contributed by atoms with Crippen LogP contribution in [0.4, 0.5) is 0 Å². The van der Waals surface area contributed by atoms with Gasteiger partial charge in [0.05, 0.1) is 13.7 Å². The van der Waals surface area contributed by atoms with Crippen molar-refractivity contribution in [3.63, 3.8) is 0 Å². The minimum absolute atomic E-state index is 0.0784. The largest absolute Gasteiger partial charge is 0.497 e. The predicted octanol–water partition coefficient (Wildman–Crippen LogP) is 2.42. The number of aliphatic carboxylic acids is 1. The van der Waals surface area contributed by atoms with Crippen LogP contribution in [0.1, 0.15) is 26.3 Å². The van der Waals surface area contributed by atoms with E-state index < -0.39 is 5.97 Å². The topological polar surface area (TPSA) is 49.8 Å². The number of benzene rings is 1. The highest BCUT2D eigenvalue weighted by Gasteiger charge is 2.20. The molecule has 0 fully saturated rings. The summed E-state index contributed by atoms with van der Waals surface area (Å²) in [6.45, 7) is 6.18. The molecule has 4 heteroatoms. The van der Waals surface area contributed by atoms with Gasteiger partial charge in [-0.05, 0) is 44.9 Å². The Balaban J connectivity index is 2.69. The molecule has 0 spiro atoms. The molecular weight excluding hydrogens is 242 g/mol. The molecule has 0 radical (unpaired) electrons. The number of carboxylic acids is 1. The zero-order valence-electron chi connectivity index (χ0n) is 12.1. The van der Waals surface area contributed by atoms with Gasteiger partial charge in [-0.2, -0.15) is 0 Å². The first-order valence-corrected chi connectivity index (χ1v) is 6.54. The van der Waals surface area contributed by atoms with Gasteiger partial charge < -0.3 is 9.84 Å². The molecule has 0 saturated heterocycles. The van der Waals surface area contributed by atoms with Crippen LogP contribution in [0, 0.1) is 0 Å². The first-order chi connectivity index (χ1) is 8.93. The first kappa shape index (κ1) is 15.5. The molecule has 0 aliphatic heterocycles. The van der Waals surface area contributed by atoms with Crippen molar-refractivity contribution in [3.05, 3.63) is 29.8 Å². The molecule has 0 bridgehead atoms. The molecule has 0 heterocycles. The van der Waals surface area contributed by atoms with Crippen LogP contribution in [0.2, 0.25) is 0 Å². The van der Waals surface area contributed by atoms with E-state index in [0.29, 0.717) is 0 Å². The van der Waals surface area contributed by atoms with Crippen molar-refractivity contribution in [3.8, 4) is 5.75 Å². The highest BCUT2D eigenvalue weighted by molar-refractivity contribution is 5.69. The molecule has 0 aliphatic rings. The Morgan fingerprint density at radius 2 is 1.84 bits per heavy atom. The molecule has 106 valence electrons. The quantitative estimate of drug-likeness (QED) is 0.822. The Morgan fingerprint density at radius 1 is 1.26 bits per heavy atom. The van der Waals surface area contributed by atoms with Crippen LogP contribution in [0.25, 0.3) is 0 Å². The zero-order chi connectivity index (χ0) is 14.4. The van der Waals surface area contributed by atoms with Gasteiger partial charge in [-0.25, -0.2) is 0 Å². The van der Waals surface area contributed by atoms with Gasteiger partial charge in [0.25, 0.3) is 0 Å². The SMILES string of the molecule is COc1ccc(CC(C)N(CC(=O)O)C(C)C)cc1. The maximum atomic E-state index is 10.9. The van der Waals surface area contributed by atoms with E-state index in [2.05, 4.69) is 6.92 Å². The summed E-state index contributed by atoms with van der Waals surface area (Å²) in [5, 5.41) is 8.96. The Labute approximate surface area is 115 Å².